The van der Waals surface area contributed by atoms with Gasteiger partial charge < -0.3 is 10.2 Å². The lowest BCUT2D eigenvalue weighted by Gasteiger charge is -2.40. The largest absolute Gasteiger partial charge is 0.355 e. The van der Waals surface area contributed by atoms with Gasteiger partial charge in [-0.15, -0.1) is 0 Å². The molecule has 1 saturated heterocycles. The van der Waals surface area contributed by atoms with Gasteiger partial charge in [0.2, 0.25) is 5.91 Å². The average Bonchev–Trinajstić information content (AvgIpc) is 3.02. The van der Waals surface area contributed by atoms with Crippen molar-refractivity contribution in [2.24, 2.45) is 0 Å². The fraction of sp³-hybridized carbons (Fsp3) is 0.353. The second kappa shape index (κ2) is 13.9. The maximum atomic E-state index is 13.2. The van der Waals surface area contributed by atoms with Crippen molar-refractivity contribution in [2.45, 2.75) is 44.6 Å². The summed E-state index contributed by atoms with van der Waals surface area (Å²) in [6.07, 6.45) is 4.24. The third-order valence-corrected chi connectivity index (χ3v) is 7.78. The molecule has 1 N–H and O–H groups in total. The Kier molecular flexibility index (Phi) is 9.56. The van der Waals surface area contributed by atoms with Gasteiger partial charge in [-0.25, -0.2) is 9.97 Å². The van der Waals surface area contributed by atoms with Gasteiger partial charge in [-0.3, -0.25) is 9.69 Å². The van der Waals surface area contributed by atoms with Crippen LogP contribution in [0.3, 0.4) is 0 Å². The molecule has 41 heavy (non-hydrogen) atoms. The van der Waals surface area contributed by atoms with Crippen molar-refractivity contribution in [2.75, 3.05) is 37.6 Å². The van der Waals surface area contributed by atoms with Crippen LogP contribution < -0.4 is 10.2 Å². The number of rotatable bonds is 11. The zero-order chi connectivity index (χ0) is 28.4. The number of piperazine rings is 1. The highest BCUT2D eigenvalue weighted by Crippen LogP contribution is 2.32. The molecule has 0 radical (unpaired) electrons. The Morgan fingerprint density at radius 3 is 2.00 bits per heavy atom. The van der Waals surface area contributed by atoms with Crippen LogP contribution in [-0.2, 0) is 4.79 Å². The van der Waals surface area contributed by atoms with E-state index in [9.17, 15) is 10.1 Å². The molecule has 2 heterocycles. The molecule has 210 valence electrons. The first-order valence-electron chi connectivity index (χ1n) is 14.7. The number of carbonyl (C=O) groups excluding carboxylic acids is 1. The molecule has 1 aliphatic heterocycles. The van der Waals surface area contributed by atoms with Crippen molar-refractivity contribution < 1.29 is 4.79 Å². The van der Waals surface area contributed by atoms with E-state index in [1.165, 1.54) is 11.1 Å². The monoisotopic (exact) mass is 546 g/mol. The fourth-order valence-corrected chi connectivity index (χ4v) is 5.62. The summed E-state index contributed by atoms with van der Waals surface area (Å²) < 4.78 is 0. The number of carbonyl (C=O) groups is 1. The van der Waals surface area contributed by atoms with Crippen molar-refractivity contribution in [3.8, 4) is 6.07 Å². The van der Waals surface area contributed by atoms with E-state index in [1.807, 2.05) is 24.3 Å². The van der Waals surface area contributed by atoms with Crippen LogP contribution in [0, 0.1) is 11.3 Å². The molecular weight excluding hydrogens is 508 g/mol. The number of unbranched alkanes of at least 4 members (excludes halogenated alkanes) is 3. The van der Waals surface area contributed by atoms with Crippen LogP contribution in [0.4, 0.5) is 5.82 Å². The smallest absolute Gasteiger partial charge is 0.243 e. The minimum atomic E-state index is -1.02. The molecule has 0 bridgehead atoms. The zero-order valence-corrected chi connectivity index (χ0v) is 23.7. The van der Waals surface area contributed by atoms with Crippen LogP contribution in [-0.4, -0.2) is 53.5 Å². The number of benzene rings is 3. The predicted octanol–water partition coefficient (Wildman–Crippen LogP) is 5.85. The zero-order valence-electron chi connectivity index (χ0n) is 23.7. The van der Waals surface area contributed by atoms with Gasteiger partial charge in [0.15, 0.2) is 11.7 Å². The Hall–Kier alpha value is -4.28. The highest BCUT2D eigenvalue weighted by molar-refractivity contribution is 5.88. The molecule has 0 saturated carbocycles. The molecule has 1 aliphatic rings. The Bertz CT molecular complexity index is 1420. The lowest BCUT2D eigenvalue weighted by molar-refractivity contribution is -0.121. The number of fused-ring (bicyclic) bond motifs is 1. The van der Waals surface area contributed by atoms with E-state index in [0.29, 0.717) is 36.7 Å². The van der Waals surface area contributed by atoms with Crippen LogP contribution in [0.5, 0.6) is 0 Å². The van der Waals surface area contributed by atoms with E-state index < -0.39 is 5.92 Å². The van der Waals surface area contributed by atoms with Crippen LogP contribution >= 0.6 is 0 Å². The third kappa shape index (κ3) is 6.72. The van der Waals surface area contributed by atoms with E-state index in [4.69, 9.17) is 9.97 Å². The minimum absolute atomic E-state index is 0.145. The van der Waals surface area contributed by atoms with Crippen molar-refractivity contribution in [3.63, 3.8) is 0 Å². The van der Waals surface area contributed by atoms with Crippen LogP contribution in [0.1, 0.15) is 61.4 Å². The third-order valence-electron chi connectivity index (χ3n) is 7.78. The average molecular weight is 547 g/mol. The summed E-state index contributed by atoms with van der Waals surface area (Å²) in [4.78, 5) is 27.7. The Morgan fingerprint density at radius 2 is 1.41 bits per heavy atom. The van der Waals surface area contributed by atoms with E-state index >= 15 is 0 Å². The first-order valence-corrected chi connectivity index (χ1v) is 14.7. The number of anilines is 1. The molecule has 0 aliphatic carbocycles. The van der Waals surface area contributed by atoms with Gasteiger partial charge in [-0.05, 0) is 29.7 Å². The van der Waals surface area contributed by atoms with Crippen LogP contribution in [0.15, 0.2) is 84.9 Å². The molecule has 7 heteroatoms. The molecule has 1 fully saturated rings. The number of hydrogen-bond acceptors (Lipinski definition) is 6. The fourth-order valence-electron chi connectivity index (χ4n) is 5.62. The normalized spacial score (nSPS) is 14.6. The first kappa shape index (κ1) is 28.3. The van der Waals surface area contributed by atoms with Gasteiger partial charge in [0, 0.05) is 32.7 Å². The van der Waals surface area contributed by atoms with Gasteiger partial charge in [0.1, 0.15) is 5.69 Å². The molecule has 0 unspecified atom stereocenters. The SMILES string of the molecule is CCCCCCNC(=O)[C@@H](C#N)c1nc2ccccc2nc1N1CCN(C(c2ccccc2)c2ccccc2)CC1. The van der Waals surface area contributed by atoms with E-state index in [-0.39, 0.29) is 11.9 Å². The van der Waals surface area contributed by atoms with E-state index in [2.05, 4.69) is 88.8 Å². The Morgan fingerprint density at radius 1 is 0.829 bits per heavy atom. The standard InChI is InChI=1S/C34H38N6O/c1-2-3-4-13-20-36-34(41)28(25-35)31-33(38-30-19-12-11-18-29(30)37-31)40-23-21-39(22-24-40)32(26-14-7-5-8-15-26)27-16-9-6-10-17-27/h5-12,14-19,28,32H,2-4,13,20-24H2,1H3,(H,36,41)/t28-/m0/s1. The second-order valence-corrected chi connectivity index (χ2v) is 10.6. The molecule has 1 aromatic heterocycles. The minimum Gasteiger partial charge on any atom is -0.355 e. The van der Waals surface area contributed by atoms with E-state index in [1.54, 1.807) is 0 Å². The summed E-state index contributed by atoms with van der Waals surface area (Å²) in [6, 6.07) is 31.3. The summed E-state index contributed by atoms with van der Waals surface area (Å²) in [5.74, 6) is -0.693. The van der Waals surface area contributed by atoms with Gasteiger partial charge >= 0.3 is 0 Å². The molecule has 3 aromatic carbocycles. The summed E-state index contributed by atoms with van der Waals surface area (Å²) >= 11 is 0. The summed E-state index contributed by atoms with van der Waals surface area (Å²) in [6.45, 7) is 5.77. The molecule has 1 atom stereocenters. The Labute approximate surface area is 242 Å². The molecule has 0 spiro atoms. The second-order valence-electron chi connectivity index (χ2n) is 10.6. The van der Waals surface area contributed by atoms with E-state index in [0.717, 1.165) is 44.3 Å². The summed E-state index contributed by atoms with van der Waals surface area (Å²) in [7, 11) is 0. The predicted molar refractivity (Wildman–Crippen MR) is 164 cm³/mol. The lowest BCUT2D eigenvalue weighted by atomic mass is 9.96. The van der Waals surface area contributed by atoms with Gasteiger partial charge in [-0.2, -0.15) is 5.26 Å². The highest BCUT2D eigenvalue weighted by Gasteiger charge is 2.32. The van der Waals surface area contributed by atoms with Crippen LogP contribution in [0.25, 0.3) is 11.0 Å². The topological polar surface area (TPSA) is 85.1 Å². The van der Waals surface area contributed by atoms with Gasteiger partial charge in [0.25, 0.3) is 0 Å². The molecule has 4 aromatic rings. The molecular formula is C34H38N6O. The quantitative estimate of drug-likeness (QED) is 0.238. The van der Waals surface area contributed by atoms with Crippen LogP contribution in [0.2, 0.25) is 0 Å². The lowest BCUT2D eigenvalue weighted by Crippen LogP contribution is -2.48. The number of amides is 1. The summed E-state index contributed by atoms with van der Waals surface area (Å²) in [5, 5.41) is 13.1. The van der Waals surface area contributed by atoms with Crippen molar-refractivity contribution >= 4 is 22.8 Å². The van der Waals surface area contributed by atoms with Gasteiger partial charge in [0.05, 0.1) is 23.1 Å². The first-order chi connectivity index (χ1) is 20.2. The number of para-hydroxylation sites is 2. The molecule has 1 amide bonds. The molecule has 5 rings (SSSR count). The number of nitriles is 1. The number of hydrogen-bond donors (Lipinski definition) is 1. The highest BCUT2D eigenvalue weighted by atomic mass is 16.1. The number of aromatic nitrogens is 2. The van der Waals surface area contributed by atoms with Crippen molar-refractivity contribution in [1.29, 1.82) is 5.26 Å². The Balaban J connectivity index is 1.39. The van der Waals surface area contributed by atoms with Crippen molar-refractivity contribution in [3.05, 3.63) is 102 Å². The van der Waals surface area contributed by atoms with Crippen molar-refractivity contribution in [1.82, 2.24) is 20.2 Å². The molecule has 7 nitrogen and oxygen atoms in total. The maximum absolute atomic E-state index is 13.2. The maximum Gasteiger partial charge on any atom is 0.243 e. The van der Waals surface area contributed by atoms with Gasteiger partial charge in [-0.1, -0.05) is 99.0 Å². The summed E-state index contributed by atoms with van der Waals surface area (Å²) in [5.41, 5.74) is 4.41. The number of nitrogens with zero attached hydrogens (tertiary/aromatic N) is 5. The number of nitrogens with one attached hydrogen (secondary N) is 1.